The summed E-state index contributed by atoms with van der Waals surface area (Å²) in [6.07, 6.45) is 1.38. The standard InChI is InChI=1S/C22H26N4O4/c1-30-19-10-5-4-9-18(19)26(14-12-20(23)27)22(29)15-24-16-7-2-3-8-17(16)25-13-6-11-21(25)28/h2-5,7-10,24H,6,11-15H2,1H3,(H2,23,27). The van der Waals surface area contributed by atoms with Gasteiger partial charge in [-0.3, -0.25) is 14.4 Å². The number of hydrogen-bond acceptors (Lipinski definition) is 5. The fourth-order valence-corrected chi connectivity index (χ4v) is 3.48. The van der Waals surface area contributed by atoms with Crippen molar-refractivity contribution >= 4 is 34.8 Å². The minimum absolute atomic E-state index is 0.0180. The lowest BCUT2D eigenvalue weighted by Gasteiger charge is -2.25. The van der Waals surface area contributed by atoms with Crippen molar-refractivity contribution < 1.29 is 19.1 Å². The Bertz CT molecular complexity index is 931. The first-order chi connectivity index (χ1) is 14.5. The lowest BCUT2D eigenvalue weighted by atomic mass is 10.2. The molecule has 0 saturated carbocycles. The number of primary amides is 1. The zero-order chi connectivity index (χ0) is 21.5. The van der Waals surface area contributed by atoms with Crippen LogP contribution in [0.15, 0.2) is 48.5 Å². The van der Waals surface area contributed by atoms with Crippen LogP contribution in [0.25, 0.3) is 0 Å². The van der Waals surface area contributed by atoms with Crippen LogP contribution in [0.5, 0.6) is 5.75 Å². The lowest BCUT2D eigenvalue weighted by molar-refractivity contribution is -0.119. The monoisotopic (exact) mass is 410 g/mol. The number of para-hydroxylation sites is 4. The summed E-state index contributed by atoms with van der Waals surface area (Å²) in [6.45, 7) is 0.787. The lowest BCUT2D eigenvalue weighted by Crippen LogP contribution is -2.38. The number of nitrogens with two attached hydrogens (primary N) is 1. The van der Waals surface area contributed by atoms with Gasteiger partial charge in [-0.15, -0.1) is 0 Å². The average molecular weight is 410 g/mol. The fraction of sp³-hybridized carbons (Fsp3) is 0.318. The number of benzene rings is 2. The third kappa shape index (κ3) is 4.89. The molecule has 0 aliphatic carbocycles. The van der Waals surface area contributed by atoms with Crippen LogP contribution in [0.1, 0.15) is 19.3 Å². The predicted octanol–water partition coefficient (Wildman–Crippen LogP) is 2.14. The van der Waals surface area contributed by atoms with Crippen LogP contribution in [0.4, 0.5) is 17.1 Å². The van der Waals surface area contributed by atoms with Gasteiger partial charge < -0.3 is 25.6 Å². The number of amides is 3. The van der Waals surface area contributed by atoms with Gasteiger partial charge in [-0.25, -0.2) is 0 Å². The van der Waals surface area contributed by atoms with Crippen molar-refractivity contribution in [2.24, 2.45) is 5.73 Å². The molecule has 1 aliphatic heterocycles. The fourth-order valence-electron chi connectivity index (χ4n) is 3.48. The molecule has 2 aromatic carbocycles. The van der Waals surface area contributed by atoms with E-state index in [0.29, 0.717) is 30.1 Å². The van der Waals surface area contributed by atoms with E-state index in [-0.39, 0.29) is 31.3 Å². The number of nitrogens with zero attached hydrogens (tertiary/aromatic N) is 2. The van der Waals surface area contributed by atoms with Gasteiger partial charge in [0.25, 0.3) is 0 Å². The molecule has 1 heterocycles. The molecular weight excluding hydrogens is 384 g/mol. The zero-order valence-electron chi connectivity index (χ0n) is 17.0. The Morgan fingerprint density at radius 1 is 1.17 bits per heavy atom. The van der Waals surface area contributed by atoms with E-state index in [4.69, 9.17) is 10.5 Å². The number of carbonyl (C=O) groups is 3. The van der Waals surface area contributed by atoms with Crippen molar-refractivity contribution in [2.75, 3.05) is 41.9 Å². The largest absolute Gasteiger partial charge is 0.495 e. The van der Waals surface area contributed by atoms with Crippen molar-refractivity contribution in [1.29, 1.82) is 0 Å². The van der Waals surface area contributed by atoms with Gasteiger partial charge in [-0.1, -0.05) is 24.3 Å². The molecule has 158 valence electrons. The first kappa shape index (κ1) is 21.2. The Balaban J connectivity index is 1.78. The van der Waals surface area contributed by atoms with Gasteiger partial charge in [-0.05, 0) is 30.7 Å². The van der Waals surface area contributed by atoms with E-state index in [1.54, 1.807) is 29.2 Å². The summed E-state index contributed by atoms with van der Waals surface area (Å²) in [7, 11) is 1.52. The molecule has 0 bridgehead atoms. The van der Waals surface area contributed by atoms with Gasteiger partial charge >= 0.3 is 0 Å². The van der Waals surface area contributed by atoms with Gasteiger partial charge in [0.05, 0.1) is 30.7 Å². The summed E-state index contributed by atoms with van der Waals surface area (Å²) >= 11 is 0. The number of nitrogens with one attached hydrogen (secondary N) is 1. The quantitative estimate of drug-likeness (QED) is 0.659. The van der Waals surface area contributed by atoms with Crippen molar-refractivity contribution in [2.45, 2.75) is 19.3 Å². The van der Waals surface area contributed by atoms with Crippen LogP contribution < -0.4 is 25.6 Å². The average Bonchev–Trinajstić information content (AvgIpc) is 3.18. The molecule has 8 nitrogen and oxygen atoms in total. The number of ether oxygens (including phenoxy) is 1. The van der Waals surface area contributed by atoms with Crippen LogP contribution in [-0.2, 0) is 14.4 Å². The van der Waals surface area contributed by atoms with Crippen LogP contribution >= 0.6 is 0 Å². The molecule has 1 saturated heterocycles. The Hall–Kier alpha value is -3.55. The molecule has 8 heteroatoms. The number of anilines is 3. The van der Waals surface area contributed by atoms with Gasteiger partial charge in [0.1, 0.15) is 5.75 Å². The second-order valence-electron chi connectivity index (χ2n) is 6.95. The molecule has 0 spiro atoms. The van der Waals surface area contributed by atoms with Gasteiger partial charge in [0.15, 0.2) is 0 Å². The molecule has 30 heavy (non-hydrogen) atoms. The number of carbonyl (C=O) groups excluding carboxylic acids is 3. The highest BCUT2D eigenvalue weighted by Gasteiger charge is 2.24. The van der Waals surface area contributed by atoms with Crippen LogP contribution in [0.3, 0.4) is 0 Å². The summed E-state index contributed by atoms with van der Waals surface area (Å²) in [5, 5.41) is 3.14. The van der Waals surface area contributed by atoms with Gasteiger partial charge in [-0.2, -0.15) is 0 Å². The van der Waals surface area contributed by atoms with Gasteiger partial charge in [0.2, 0.25) is 17.7 Å². The highest BCUT2D eigenvalue weighted by molar-refractivity contribution is 6.00. The molecule has 3 amide bonds. The van der Waals surface area contributed by atoms with E-state index < -0.39 is 5.91 Å². The minimum Gasteiger partial charge on any atom is -0.495 e. The first-order valence-electron chi connectivity index (χ1n) is 9.86. The molecule has 0 atom stereocenters. The molecule has 0 aromatic heterocycles. The zero-order valence-corrected chi connectivity index (χ0v) is 17.0. The Labute approximate surface area is 175 Å². The van der Waals surface area contributed by atoms with E-state index in [9.17, 15) is 14.4 Å². The molecule has 1 fully saturated rings. The van der Waals surface area contributed by atoms with Crippen LogP contribution in [0, 0.1) is 0 Å². The molecule has 0 unspecified atom stereocenters. The predicted molar refractivity (Wildman–Crippen MR) is 116 cm³/mol. The maximum atomic E-state index is 13.1. The Kier molecular flexibility index (Phi) is 6.90. The molecule has 3 N–H and O–H groups in total. The second-order valence-corrected chi connectivity index (χ2v) is 6.95. The molecule has 2 aromatic rings. The van der Waals surface area contributed by atoms with Crippen LogP contribution in [0.2, 0.25) is 0 Å². The van der Waals surface area contributed by atoms with Gasteiger partial charge in [0, 0.05) is 25.9 Å². The van der Waals surface area contributed by atoms with Crippen molar-refractivity contribution in [3.8, 4) is 5.75 Å². The van der Waals surface area contributed by atoms with E-state index >= 15 is 0 Å². The third-order valence-corrected chi connectivity index (χ3v) is 4.96. The summed E-state index contributed by atoms with van der Waals surface area (Å²) in [5.74, 6) is -0.136. The number of hydrogen-bond donors (Lipinski definition) is 2. The van der Waals surface area contributed by atoms with Crippen molar-refractivity contribution in [3.63, 3.8) is 0 Å². The Morgan fingerprint density at radius 3 is 2.60 bits per heavy atom. The summed E-state index contributed by atoms with van der Waals surface area (Å²) in [5.41, 5.74) is 7.32. The first-order valence-corrected chi connectivity index (χ1v) is 9.86. The summed E-state index contributed by atoms with van der Waals surface area (Å²) < 4.78 is 5.37. The molecule has 3 rings (SSSR count). The van der Waals surface area contributed by atoms with Crippen molar-refractivity contribution in [3.05, 3.63) is 48.5 Å². The normalized spacial score (nSPS) is 13.2. The number of methoxy groups -OCH3 is 1. The van der Waals surface area contributed by atoms with E-state index in [1.165, 1.54) is 12.0 Å². The maximum Gasteiger partial charge on any atom is 0.246 e. The minimum atomic E-state index is -0.492. The highest BCUT2D eigenvalue weighted by atomic mass is 16.5. The maximum absolute atomic E-state index is 13.1. The van der Waals surface area contributed by atoms with Crippen LogP contribution in [-0.4, -0.2) is 44.5 Å². The van der Waals surface area contributed by atoms with Crippen molar-refractivity contribution in [1.82, 2.24) is 0 Å². The SMILES string of the molecule is COc1ccccc1N(CCC(N)=O)C(=O)CNc1ccccc1N1CCCC1=O. The molecular formula is C22H26N4O4. The molecule has 0 radical (unpaired) electrons. The Morgan fingerprint density at radius 2 is 1.90 bits per heavy atom. The summed E-state index contributed by atoms with van der Waals surface area (Å²) in [4.78, 5) is 39.7. The van der Waals surface area contributed by atoms with E-state index in [2.05, 4.69) is 5.32 Å². The summed E-state index contributed by atoms with van der Waals surface area (Å²) in [6, 6.07) is 14.5. The highest BCUT2D eigenvalue weighted by Crippen LogP contribution is 2.30. The smallest absolute Gasteiger partial charge is 0.246 e. The van der Waals surface area contributed by atoms with E-state index in [0.717, 1.165) is 12.1 Å². The van der Waals surface area contributed by atoms with E-state index in [1.807, 2.05) is 24.3 Å². The third-order valence-electron chi connectivity index (χ3n) is 4.96. The number of rotatable bonds is 9. The topological polar surface area (TPSA) is 105 Å². The second kappa shape index (κ2) is 9.78. The molecule has 1 aliphatic rings.